The molecule has 0 unspecified atom stereocenters. The van der Waals surface area contributed by atoms with Gasteiger partial charge < -0.3 is 0 Å². The van der Waals surface area contributed by atoms with Gasteiger partial charge in [0.25, 0.3) is 0 Å². The van der Waals surface area contributed by atoms with Crippen LogP contribution in [0.5, 0.6) is 0 Å². The van der Waals surface area contributed by atoms with Crippen LogP contribution >= 0.6 is 17.0 Å². The second-order valence-electron chi connectivity index (χ2n) is 7.24. The number of hydrogen-bond acceptors (Lipinski definition) is 0. The Hall–Kier alpha value is -0.227. The molecule has 0 radical (unpaired) electrons. The van der Waals surface area contributed by atoms with Gasteiger partial charge in [0.05, 0.1) is 0 Å². The molecular formula is C21H23Cl2Zr+. The number of benzene rings is 2. The molecule has 0 amide bonds. The van der Waals surface area contributed by atoms with Gasteiger partial charge in [-0.2, -0.15) is 0 Å². The molecule has 24 heavy (non-hydrogen) atoms. The monoisotopic (exact) mass is 435 g/mol. The van der Waals surface area contributed by atoms with Crippen molar-refractivity contribution in [2.45, 2.75) is 44.9 Å². The van der Waals surface area contributed by atoms with Crippen molar-refractivity contribution < 1.29 is 20.8 Å². The molecule has 0 bridgehead atoms. The molecule has 124 valence electrons. The third kappa shape index (κ3) is 3.37. The molecule has 0 aromatic heterocycles. The third-order valence-corrected chi connectivity index (χ3v) is 5.70. The summed E-state index contributed by atoms with van der Waals surface area (Å²) in [5.41, 5.74) is 1.85. The molecule has 4 rings (SSSR count). The maximum atomic E-state index is 4.93. The molecule has 0 aliphatic heterocycles. The Morgan fingerprint density at radius 3 is 1.75 bits per heavy atom. The number of rotatable bonds is 2. The van der Waals surface area contributed by atoms with Crippen molar-refractivity contribution in [1.29, 1.82) is 0 Å². The summed E-state index contributed by atoms with van der Waals surface area (Å²) in [6.45, 7) is 4.94. The summed E-state index contributed by atoms with van der Waals surface area (Å²) in [7, 11) is 9.87. The summed E-state index contributed by atoms with van der Waals surface area (Å²) >= 11 is -0.826. The van der Waals surface area contributed by atoms with E-state index in [0.29, 0.717) is 0 Å². The number of hydrogen-bond donors (Lipinski definition) is 0. The molecule has 0 atom stereocenters. The molecule has 0 N–H and O–H groups in total. The first-order valence-electron chi connectivity index (χ1n) is 8.64. The molecule has 1 saturated carbocycles. The van der Waals surface area contributed by atoms with Gasteiger partial charge in [0, 0.05) is 0 Å². The van der Waals surface area contributed by atoms with Gasteiger partial charge in [-0.25, -0.2) is 0 Å². The molecule has 0 spiro atoms. The second kappa shape index (κ2) is 7.98. The fourth-order valence-electron chi connectivity index (χ4n) is 4.56. The summed E-state index contributed by atoms with van der Waals surface area (Å²) in [6.07, 6.45) is 5.59. The number of fused-ring (bicyclic) bond motifs is 3. The zero-order valence-electron chi connectivity index (χ0n) is 14.3. The van der Waals surface area contributed by atoms with Crippen LogP contribution in [0.3, 0.4) is 0 Å². The van der Waals surface area contributed by atoms with Gasteiger partial charge in [-0.1, -0.05) is 75.9 Å². The van der Waals surface area contributed by atoms with Crippen LogP contribution in [0.15, 0.2) is 48.5 Å². The Morgan fingerprint density at radius 2 is 1.29 bits per heavy atom. The third-order valence-electron chi connectivity index (χ3n) is 5.70. The maximum absolute atomic E-state index is 4.93. The second-order valence-corrected chi connectivity index (χ2v) is 11.0. The van der Waals surface area contributed by atoms with Crippen LogP contribution < -0.4 is 0 Å². The standard InChI is InChI=1S/C21H23.2ClH.Zr/c1-21(2,15-9-3-4-10-15)20-18-13-7-5-11-16(18)17-12-6-8-14-19(17)20;;;/h5-8,11-15H,3-4,9-10H2,1-2H3;2*1H;/q-1;;;+4/p-2. The molecule has 1 fully saturated rings. The molecule has 3 aromatic rings. The van der Waals surface area contributed by atoms with Gasteiger partial charge in [0.1, 0.15) is 0 Å². The van der Waals surface area contributed by atoms with E-state index < -0.39 is 20.8 Å². The van der Waals surface area contributed by atoms with Crippen LogP contribution in [0, 0.1) is 5.92 Å². The molecule has 3 heteroatoms. The van der Waals surface area contributed by atoms with Crippen LogP contribution in [-0.4, -0.2) is 0 Å². The van der Waals surface area contributed by atoms with Crippen LogP contribution in [0.4, 0.5) is 0 Å². The van der Waals surface area contributed by atoms with Crippen molar-refractivity contribution in [3.05, 3.63) is 54.1 Å². The van der Waals surface area contributed by atoms with Gasteiger partial charge >= 0.3 is 37.9 Å². The quantitative estimate of drug-likeness (QED) is 0.363. The predicted octanol–water partition coefficient (Wildman–Crippen LogP) is 7.56. The van der Waals surface area contributed by atoms with Gasteiger partial charge in [0.15, 0.2) is 0 Å². The van der Waals surface area contributed by atoms with Crippen LogP contribution in [0.2, 0.25) is 0 Å². The normalized spacial score (nSPS) is 15.3. The van der Waals surface area contributed by atoms with Gasteiger partial charge in [0.2, 0.25) is 0 Å². The first-order valence-corrected chi connectivity index (χ1v) is 15.0. The van der Waals surface area contributed by atoms with Crippen LogP contribution in [0.25, 0.3) is 21.5 Å². The summed E-state index contributed by atoms with van der Waals surface area (Å²) in [6, 6.07) is 17.9. The Morgan fingerprint density at radius 1 is 0.875 bits per heavy atom. The van der Waals surface area contributed by atoms with E-state index in [1.165, 1.54) is 47.2 Å². The average Bonchev–Trinajstić information content (AvgIpc) is 3.22. The van der Waals surface area contributed by atoms with Crippen molar-refractivity contribution in [2.24, 2.45) is 5.92 Å². The molecule has 0 saturated heterocycles. The van der Waals surface area contributed by atoms with E-state index in [9.17, 15) is 0 Å². The van der Waals surface area contributed by atoms with Crippen molar-refractivity contribution >= 4 is 38.6 Å². The molecule has 1 aliphatic carbocycles. The molecule has 3 aromatic carbocycles. The number of halogens is 2. The average molecular weight is 438 g/mol. The molecule has 0 nitrogen and oxygen atoms in total. The fraction of sp³-hybridized carbons (Fsp3) is 0.381. The zero-order valence-corrected chi connectivity index (χ0v) is 18.3. The minimum absolute atomic E-state index is 0.263. The van der Waals surface area contributed by atoms with Crippen LogP contribution in [-0.2, 0) is 26.3 Å². The Kier molecular flexibility index (Phi) is 6.17. The van der Waals surface area contributed by atoms with E-state index in [2.05, 4.69) is 62.4 Å². The van der Waals surface area contributed by atoms with E-state index in [1.54, 1.807) is 5.56 Å². The van der Waals surface area contributed by atoms with Gasteiger partial charge in [-0.3, -0.25) is 0 Å². The summed E-state index contributed by atoms with van der Waals surface area (Å²) < 4.78 is 0. The summed E-state index contributed by atoms with van der Waals surface area (Å²) in [5.74, 6) is 0.826. The minimum atomic E-state index is -0.826. The topological polar surface area (TPSA) is 0 Å². The van der Waals surface area contributed by atoms with Crippen molar-refractivity contribution in [3.8, 4) is 0 Å². The van der Waals surface area contributed by atoms with E-state index in [1.807, 2.05) is 0 Å². The first-order chi connectivity index (χ1) is 11.6. The molecule has 0 heterocycles. The summed E-state index contributed by atoms with van der Waals surface area (Å²) in [5, 5.41) is 5.79. The molecular weight excluding hydrogens is 414 g/mol. The summed E-state index contributed by atoms with van der Waals surface area (Å²) in [4.78, 5) is 0. The van der Waals surface area contributed by atoms with Crippen molar-refractivity contribution in [2.75, 3.05) is 0 Å². The molecule has 1 aliphatic rings. The van der Waals surface area contributed by atoms with Crippen LogP contribution in [0.1, 0.15) is 45.1 Å². The predicted molar refractivity (Wildman–Crippen MR) is 104 cm³/mol. The van der Waals surface area contributed by atoms with Crippen molar-refractivity contribution in [3.63, 3.8) is 0 Å². The van der Waals surface area contributed by atoms with Gasteiger partial charge in [-0.15, -0.1) is 39.2 Å². The van der Waals surface area contributed by atoms with E-state index >= 15 is 0 Å². The van der Waals surface area contributed by atoms with Crippen molar-refractivity contribution in [1.82, 2.24) is 0 Å². The van der Waals surface area contributed by atoms with Gasteiger partial charge in [-0.05, 0) is 11.3 Å². The Balaban J connectivity index is 0.000000526. The first kappa shape index (κ1) is 18.6. The van der Waals surface area contributed by atoms with E-state index in [4.69, 9.17) is 17.0 Å². The fourth-order valence-corrected chi connectivity index (χ4v) is 4.56. The van der Waals surface area contributed by atoms with E-state index in [-0.39, 0.29) is 5.41 Å². The Labute approximate surface area is 163 Å². The van der Waals surface area contributed by atoms with E-state index in [0.717, 1.165) is 5.92 Å². The SMILES string of the molecule is CC(C)([c-]1c2ccccc2c2ccccc21)C1CCCC1.[Cl][Zr+2][Cl]. The Bertz CT molecular complexity index is 760. The zero-order chi connectivity index (χ0) is 17.2.